The quantitative estimate of drug-likeness (QED) is 0.496. The summed E-state index contributed by atoms with van der Waals surface area (Å²) in [6.07, 6.45) is -0.144. The Morgan fingerprint density at radius 1 is 1.47 bits per heavy atom. The van der Waals surface area contributed by atoms with Crippen molar-refractivity contribution in [2.45, 2.75) is 38.8 Å². The van der Waals surface area contributed by atoms with E-state index in [0.717, 1.165) is 0 Å². The Labute approximate surface area is 87.6 Å². The Bertz CT molecular complexity index is 256. The summed E-state index contributed by atoms with van der Waals surface area (Å²) in [5.74, 6) is -1.93. The van der Waals surface area contributed by atoms with Gasteiger partial charge in [-0.05, 0) is 20.8 Å². The van der Waals surface area contributed by atoms with Crippen molar-refractivity contribution in [2.75, 3.05) is 0 Å². The highest BCUT2D eigenvalue weighted by molar-refractivity contribution is 5.83. The van der Waals surface area contributed by atoms with Crippen LogP contribution in [0.2, 0.25) is 0 Å². The second kappa shape index (κ2) is 5.33. The number of carboxylic acids is 1. The molecule has 0 radical (unpaired) electrons. The lowest BCUT2D eigenvalue weighted by atomic mass is 10.1. The predicted octanol–water partition coefficient (Wildman–Crippen LogP) is -0.0826. The minimum atomic E-state index is -1.27. The molecule has 0 aromatic carbocycles. The number of rotatable bonds is 5. The van der Waals surface area contributed by atoms with Gasteiger partial charge < -0.3 is 15.2 Å². The molecular formula is C9H15NO5. The van der Waals surface area contributed by atoms with Gasteiger partial charge >= 0.3 is 11.9 Å². The molecule has 2 N–H and O–H groups in total. The van der Waals surface area contributed by atoms with Crippen molar-refractivity contribution in [3.63, 3.8) is 0 Å². The molecule has 0 aliphatic rings. The van der Waals surface area contributed by atoms with Crippen LogP contribution in [0.1, 0.15) is 27.2 Å². The molecule has 0 aliphatic heterocycles. The average Bonchev–Trinajstić information content (AvgIpc) is 1.99. The van der Waals surface area contributed by atoms with E-state index in [1.54, 1.807) is 20.8 Å². The number of esters is 1. The minimum absolute atomic E-state index is 0.239. The van der Waals surface area contributed by atoms with Crippen LogP contribution in [0.4, 0.5) is 0 Å². The number of ether oxygens (including phenoxy) is 1. The fourth-order valence-corrected chi connectivity index (χ4v) is 0.849. The van der Waals surface area contributed by atoms with Crippen molar-refractivity contribution < 1.29 is 24.2 Å². The first-order valence-electron chi connectivity index (χ1n) is 4.40. The van der Waals surface area contributed by atoms with E-state index in [1.807, 2.05) is 5.32 Å². The van der Waals surface area contributed by atoms with E-state index in [2.05, 4.69) is 0 Å². The number of amides is 1. The number of hydrogen-bond donors (Lipinski definition) is 2. The van der Waals surface area contributed by atoms with E-state index in [0.29, 0.717) is 0 Å². The van der Waals surface area contributed by atoms with Crippen molar-refractivity contribution in [3.05, 3.63) is 0 Å². The Balaban J connectivity index is 4.23. The summed E-state index contributed by atoms with van der Waals surface area (Å²) in [5.41, 5.74) is -0.665. The topological polar surface area (TPSA) is 92.7 Å². The molecule has 0 heterocycles. The lowest BCUT2D eigenvalue weighted by Gasteiger charge is -2.20. The summed E-state index contributed by atoms with van der Waals surface area (Å²) in [6.45, 7) is 5.02. The van der Waals surface area contributed by atoms with Crippen molar-refractivity contribution in [3.8, 4) is 0 Å². The molecule has 0 unspecified atom stereocenters. The summed E-state index contributed by atoms with van der Waals surface area (Å²) >= 11 is 0. The molecule has 0 aliphatic carbocycles. The molecule has 0 saturated heterocycles. The third-order valence-electron chi connectivity index (χ3n) is 1.36. The number of nitrogens with one attached hydrogen (secondary N) is 1. The lowest BCUT2D eigenvalue weighted by Crippen LogP contribution is -2.39. The number of carbonyl (C=O) groups excluding carboxylic acids is 2. The van der Waals surface area contributed by atoms with Crippen LogP contribution in [0, 0.1) is 0 Å². The van der Waals surface area contributed by atoms with Crippen molar-refractivity contribution >= 4 is 18.3 Å². The van der Waals surface area contributed by atoms with Crippen LogP contribution >= 0.6 is 0 Å². The highest BCUT2D eigenvalue weighted by atomic mass is 16.6. The molecule has 6 heteroatoms. The van der Waals surface area contributed by atoms with E-state index < -0.39 is 23.6 Å². The maximum atomic E-state index is 11.2. The van der Waals surface area contributed by atoms with Gasteiger partial charge in [-0.25, -0.2) is 4.79 Å². The zero-order valence-corrected chi connectivity index (χ0v) is 8.94. The van der Waals surface area contributed by atoms with Gasteiger partial charge in [0.1, 0.15) is 11.6 Å². The van der Waals surface area contributed by atoms with Crippen LogP contribution < -0.4 is 5.32 Å². The van der Waals surface area contributed by atoms with E-state index in [4.69, 9.17) is 9.84 Å². The van der Waals surface area contributed by atoms with E-state index in [9.17, 15) is 14.4 Å². The minimum Gasteiger partial charge on any atom is -0.480 e. The van der Waals surface area contributed by atoms with Gasteiger partial charge in [-0.15, -0.1) is 0 Å². The average molecular weight is 217 g/mol. The highest BCUT2D eigenvalue weighted by Gasteiger charge is 2.24. The van der Waals surface area contributed by atoms with E-state index in [-0.39, 0.29) is 12.8 Å². The first-order chi connectivity index (χ1) is 6.76. The highest BCUT2D eigenvalue weighted by Crippen LogP contribution is 2.09. The molecule has 0 aromatic rings. The van der Waals surface area contributed by atoms with Gasteiger partial charge in [0, 0.05) is 0 Å². The lowest BCUT2D eigenvalue weighted by molar-refractivity contribution is -0.158. The Hall–Kier alpha value is -1.59. The third-order valence-corrected chi connectivity index (χ3v) is 1.36. The standard InChI is InChI=1S/C9H15NO5/c1-9(2,3)15-7(12)4-6(8(13)14)10-5-11/h5-6H,4H2,1-3H3,(H,10,11)(H,13,14)/t6-/m1/s1. The molecule has 15 heavy (non-hydrogen) atoms. The van der Waals surface area contributed by atoms with Crippen LogP contribution in [0.25, 0.3) is 0 Å². The monoisotopic (exact) mass is 217 g/mol. The van der Waals surface area contributed by atoms with Crippen LogP contribution in [-0.4, -0.2) is 35.1 Å². The molecule has 6 nitrogen and oxygen atoms in total. The molecule has 0 aromatic heterocycles. The Kier molecular flexibility index (Phi) is 4.77. The van der Waals surface area contributed by atoms with Gasteiger partial charge in [0.2, 0.25) is 6.41 Å². The largest absolute Gasteiger partial charge is 0.480 e. The van der Waals surface area contributed by atoms with Gasteiger partial charge in [-0.2, -0.15) is 0 Å². The van der Waals surface area contributed by atoms with Crippen LogP contribution in [0.15, 0.2) is 0 Å². The zero-order chi connectivity index (χ0) is 12.1. The summed E-state index contributed by atoms with van der Waals surface area (Å²) < 4.78 is 4.91. The maximum Gasteiger partial charge on any atom is 0.326 e. The first-order valence-corrected chi connectivity index (χ1v) is 4.40. The van der Waals surface area contributed by atoms with E-state index >= 15 is 0 Å². The summed E-state index contributed by atoms with van der Waals surface area (Å²) in [4.78, 5) is 31.8. The number of carboxylic acid groups (broad SMARTS) is 1. The molecule has 0 rings (SSSR count). The molecule has 0 saturated carbocycles. The first kappa shape index (κ1) is 13.4. The van der Waals surface area contributed by atoms with Crippen LogP contribution in [0.5, 0.6) is 0 Å². The SMILES string of the molecule is CC(C)(C)OC(=O)C[C@@H](NC=O)C(=O)O. The van der Waals surface area contributed by atoms with Gasteiger partial charge in [0.25, 0.3) is 0 Å². The van der Waals surface area contributed by atoms with Crippen molar-refractivity contribution in [1.29, 1.82) is 0 Å². The second-order valence-corrected chi connectivity index (χ2v) is 3.97. The molecular weight excluding hydrogens is 202 g/mol. The van der Waals surface area contributed by atoms with Crippen molar-refractivity contribution in [2.24, 2.45) is 0 Å². The normalized spacial score (nSPS) is 12.7. The second-order valence-electron chi connectivity index (χ2n) is 3.97. The number of hydrogen-bond acceptors (Lipinski definition) is 4. The summed E-state index contributed by atoms with van der Waals surface area (Å²) in [5, 5.41) is 10.6. The zero-order valence-electron chi connectivity index (χ0n) is 8.94. The summed E-state index contributed by atoms with van der Waals surface area (Å²) in [7, 11) is 0. The molecule has 0 fully saturated rings. The predicted molar refractivity (Wildman–Crippen MR) is 51.1 cm³/mol. The van der Waals surface area contributed by atoms with Gasteiger partial charge in [-0.3, -0.25) is 9.59 Å². The van der Waals surface area contributed by atoms with Crippen LogP contribution in [-0.2, 0) is 19.1 Å². The van der Waals surface area contributed by atoms with Crippen LogP contribution in [0.3, 0.4) is 0 Å². The maximum absolute atomic E-state index is 11.2. The molecule has 86 valence electrons. The molecule has 0 bridgehead atoms. The Morgan fingerprint density at radius 3 is 2.33 bits per heavy atom. The summed E-state index contributed by atoms with van der Waals surface area (Å²) in [6, 6.07) is -1.24. The third kappa shape index (κ3) is 6.48. The van der Waals surface area contributed by atoms with Gasteiger partial charge in [0.15, 0.2) is 0 Å². The van der Waals surface area contributed by atoms with Gasteiger partial charge in [0.05, 0.1) is 6.42 Å². The number of aliphatic carboxylic acids is 1. The fraction of sp³-hybridized carbons (Fsp3) is 0.667. The van der Waals surface area contributed by atoms with Crippen molar-refractivity contribution in [1.82, 2.24) is 5.32 Å². The smallest absolute Gasteiger partial charge is 0.326 e. The number of carbonyl (C=O) groups is 3. The molecule has 0 spiro atoms. The van der Waals surface area contributed by atoms with Gasteiger partial charge in [-0.1, -0.05) is 0 Å². The molecule has 1 amide bonds. The van der Waals surface area contributed by atoms with E-state index in [1.165, 1.54) is 0 Å². The molecule has 1 atom stereocenters. The fourth-order valence-electron chi connectivity index (χ4n) is 0.849. The Morgan fingerprint density at radius 2 is 2.00 bits per heavy atom.